The van der Waals surface area contributed by atoms with Crippen LogP contribution in [0, 0.1) is 6.92 Å². The highest BCUT2D eigenvalue weighted by Crippen LogP contribution is 2.08. The first-order valence-corrected chi connectivity index (χ1v) is 5.30. The van der Waals surface area contributed by atoms with Crippen molar-refractivity contribution in [1.29, 1.82) is 0 Å². The highest BCUT2D eigenvalue weighted by Gasteiger charge is 2.12. The molecule has 0 fully saturated rings. The summed E-state index contributed by atoms with van der Waals surface area (Å²) < 4.78 is 0. The summed E-state index contributed by atoms with van der Waals surface area (Å²) in [6.45, 7) is 5.48. The zero-order valence-corrected chi connectivity index (χ0v) is 9.91. The van der Waals surface area contributed by atoms with Gasteiger partial charge in [0.25, 0.3) is 0 Å². The Labute approximate surface area is 96.0 Å². The van der Waals surface area contributed by atoms with Crippen molar-refractivity contribution in [2.45, 2.75) is 27.2 Å². The van der Waals surface area contributed by atoms with Crippen LogP contribution in [-0.4, -0.2) is 11.6 Å². The standard InChI is InChI=1S/C14H16O2/c1-4-11(3)13(15)9-14(16)12-7-5-10(2)6-8-12/h4-8H,9H2,1-3H3. The van der Waals surface area contributed by atoms with Gasteiger partial charge in [0.05, 0.1) is 6.42 Å². The number of Topliss-reactive ketones (excluding diaryl/α,β-unsaturated/α-hetero) is 2. The van der Waals surface area contributed by atoms with Gasteiger partial charge in [-0.2, -0.15) is 0 Å². The smallest absolute Gasteiger partial charge is 0.170 e. The molecule has 1 rings (SSSR count). The van der Waals surface area contributed by atoms with Gasteiger partial charge in [-0.05, 0) is 26.3 Å². The number of hydrogen-bond donors (Lipinski definition) is 0. The Bertz CT molecular complexity index is 425. The maximum absolute atomic E-state index is 11.7. The van der Waals surface area contributed by atoms with Crippen molar-refractivity contribution in [2.75, 3.05) is 0 Å². The second-order valence-corrected chi connectivity index (χ2v) is 3.86. The van der Waals surface area contributed by atoms with E-state index in [0.717, 1.165) is 5.56 Å². The molecule has 0 aromatic heterocycles. The van der Waals surface area contributed by atoms with Crippen LogP contribution in [0.15, 0.2) is 35.9 Å². The van der Waals surface area contributed by atoms with Crippen molar-refractivity contribution in [1.82, 2.24) is 0 Å². The molecule has 0 aliphatic rings. The van der Waals surface area contributed by atoms with Crippen molar-refractivity contribution in [3.8, 4) is 0 Å². The molecule has 0 N–H and O–H groups in total. The third-order valence-electron chi connectivity index (χ3n) is 2.57. The number of carbonyl (C=O) groups excluding carboxylic acids is 2. The molecule has 2 heteroatoms. The molecule has 2 nitrogen and oxygen atoms in total. The second-order valence-electron chi connectivity index (χ2n) is 3.86. The predicted molar refractivity (Wildman–Crippen MR) is 64.6 cm³/mol. The summed E-state index contributed by atoms with van der Waals surface area (Å²) in [5.41, 5.74) is 2.34. The summed E-state index contributed by atoms with van der Waals surface area (Å²) >= 11 is 0. The third kappa shape index (κ3) is 3.16. The van der Waals surface area contributed by atoms with Crippen molar-refractivity contribution >= 4 is 11.6 Å². The molecule has 0 aliphatic heterocycles. The number of rotatable bonds is 4. The van der Waals surface area contributed by atoms with E-state index >= 15 is 0 Å². The average Bonchev–Trinajstić information content (AvgIpc) is 2.28. The molecular weight excluding hydrogens is 200 g/mol. The Balaban J connectivity index is 2.73. The minimum atomic E-state index is -0.119. The zero-order valence-electron chi connectivity index (χ0n) is 9.91. The van der Waals surface area contributed by atoms with Crippen LogP contribution < -0.4 is 0 Å². The Hall–Kier alpha value is -1.70. The van der Waals surface area contributed by atoms with Crippen LogP contribution in [-0.2, 0) is 4.79 Å². The fourth-order valence-corrected chi connectivity index (χ4v) is 1.29. The molecule has 16 heavy (non-hydrogen) atoms. The molecule has 0 aliphatic carbocycles. The SMILES string of the molecule is CC=C(C)C(=O)CC(=O)c1ccc(C)cc1. The summed E-state index contributed by atoms with van der Waals surface area (Å²) in [5.74, 6) is -0.223. The van der Waals surface area contributed by atoms with Crippen LogP contribution in [0.2, 0.25) is 0 Å². The van der Waals surface area contributed by atoms with Crippen molar-refractivity contribution in [2.24, 2.45) is 0 Å². The second kappa shape index (κ2) is 5.40. The topological polar surface area (TPSA) is 34.1 Å². The van der Waals surface area contributed by atoms with Gasteiger partial charge < -0.3 is 0 Å². The van der Waals surface area contributed by atoms with Crippen molar-refractivity contribution < 1.29 is 9.59 Å². The molecule has 84 valence electrons. The van der Waals surface area contributed by atoms with Gasteiger partial charge in [0.2, 0.25) is 0 Å². The number of aryl methyl sites for hydroxylation is 1. The molecule has 0 radical (unpaired) electrons. The van der Waals surface area contributed by atoms with Crippen molar-refractivity contribution in [3.63, 3.8) is 0 Å². The fourth-order valence-electron chi connectivity index (χ4n) is 1.29. The van der Waals surface area contributed by atoms with E-state index < -0.39 is 0 Å². The molecule has 1 aromatic rings. The van der Waals surface area contributed by atoms with Gasteiger partial charge >= 0.3 is 0 Å². The van der Waals surface area contributed by atoms with Gasteiger partial charge in [0, 0.05) is 5.56 Å². The Kier molecular flexibility index (Phi) is 4.18. The number of carbonyl (C=O) groups is 2. The number of ketones is 2. The van der Waals surface area contributed by atoms with E-state index in [1.807, 2.05) is 19.1 Å². The summed E-state index contributed by atoms with van der Waals surface area (Å²) in [4.78, 5) is 23.3. The summed E-state index contributed by atoms with van der Waals surface area (Å²) in [5, 5.41) is 0. The lowest BCUT2D eigenvalue weighted by molar-refractivity contribution is -0.114. The number of hydrogen-bond acceptors (Lipinski definition) is 2. The van der Waals surface area contributed by atoms with E-state index in [-0.39, 0.29) is 18.0 Å². The predicted octanol–water partition coefficient (Wildman–Crippen LogP) is 3.10. The minimum Gasteiger partial charge on any atom is -0.294 e. The molecule has 0 atom stereocenters. The summed E-state index contributed by atoms with van der Waals surface area (Å²) in [7, 11) is 0. The molecule has 0 amide bonds. The summed E-state index contributed by atoms with van der Waals surface area (Å²) in [6.07, 6.45) is 1.68. The van der Waals surface area contributed by atoms with Crippen LogP contribution in [0.4, 0.5) is 0 Å². The largest absolute Gasteiger partial charge is 0.294 e. The lowest BCUT2D eigenvalue weighted by Gasteiger charge is -2.01. The third-order valence-corrected chi connectivity index (χ3v) is 2.57. The molecule has 0 saturated heterocycles. The van der Waals surface area contributed by atoms with Crippen LogP contribution in [0.5, 0.6) is 0 Å². The molecule has 0 bridgehead atoms. The lowest BCUT2D eigenvalue weighted by Crippen LogP contribution is -2.09. The molecule has 0 unspecified atom stereocenters. The first kappa shape index (κ1) is 12.4. The van der Waals surface area contributed by atoms with Crippen LogP contribution >= 0.6 is 0 Å². The lowest BCUT2D eigenvalue weighted by atomic mass is 10.0. The highest BCUT2D eigenvalue weighted by atomic mass is 16.1. The van der Waals surface area contributed by atoms with E-state index in [9.17, 15) is 9.59 Å². The van der Waals surface area contributed by atoms with E-state index in [1.165, 1.54) is 0 Å². The minimum absolute atomic E-state index is 0.0424. The first-order chi connectivity index (χ1) is 7.54. The Morgan fingerprint density at radius 2 is 1.75 bits per heavy atom. The highest BCUT2D eigenvalue weighted by molar-refractivity contribution is 6.13. The first-order valence-electron chi connectivity index (χ1n) is 5.30. The fraction of sp³-hybridized carbons (Fsp3) is 0.286. The molecule has 0 spiro atoms. The maximum Gasteiger partial charge on any atom is 0.170 e. The normalized spacial score (nSPS) is 11.3. The quantitative estimate of drug-likeness (QED) is 0.440. The van der Waals surface area contributed by atoms with Gasteiger partial charge in [0.1, 0.15) is 0 Å². The van der Waals surface area contributed by atoms with Gasteiger partial charge in [-0.25, -0.2) is 0 Å². The van der Waals surface area contributed by atoms with E-state index in [2.05, 4.69) is 0 Å². The summed E-state index contributed by atoms with van der Waals surface area (Å²) in [6, 6.07) is 7.27. The average molecular weight is 216 g/mol. The monoisotopic (exact) mass is 216 g/mol. The van der Waals surface area contributed by atoms with E-state index in [1.54, 1.807) is 32.1 Å². The zero-order chi connectivity index (χ0) is 12.1. The Morgan fingerprint density at radius 3 is 2.25 bits per heavy atom. The molecule has 0 heterocycles. The van der Waals surface area contributed by atoms with Gasteiger partial charge in [-0.15, -0.1) is 0 Å². The Morgan fingerprint density at radius 1 is 1.19 bits per heavy atom. The molecule has 0 saturated carbocycles. The van der Waals surface area contributed by atoms with Crippen molar-refractivity contribution in [3.05, 3.63) is 47.0 Å². The number of allylic oxidation sites excluding steroid dienone is 2. The van der Waals surface area contributed by atoms with Crippen LogP contribution in [0.1, 0.15) is 36.2 Å². The van der Waals surface area contributed by atoms with Crippen LogP contribution in [0.25, 0.3) is 0 Å². The molecular formula is C14H16O2. The maximum atomic E-state index is 11.7. The van der Waals surface area contributed by atoms with Gasteiger partial charge in [0.15, 0.2) is 11.6 Å². The van der Waals surface area contributed by atoms with Crippen LogP contribution in [0.3, 0.4) is 0 Å². The molecule has 1 aromatic carbocycles. The van der Waals surface area contributed by atoms with E-state index in [0.29, 0.717) is 11.1 Å². The number of benzene rings is 1. The van der Waals surface area contributed by atoms with Gasteiger partial charge in [-0.1, -0.05) is 35.9 Å². The van der Waals surface area contributed by atoms with E-state index in [4.69, 9.17) is 0 Å². The van der Waals surface area contributed by atoms with Gasteiger partial charge in [-0.3, -0.25) is 9.59 Å².